The highest BCUT2D eigenvalue weighted by Crippen LogP contribution is 2.33. The molecule has 0 aliphatic carbocycles. The van der Waals surface area contributed by atoms with Crippen LogP contribution in [0.25, 0.3) is 11.0 Å². The van der Waals surface area contributed by atoms with E-state index in [0.29, 0.717) is 11.6 Å². The van der Waals surface area contributed by atoms with Crippen molar-refractivity contribution in [2.75, 3.05) is 5.32 Å². The molecule has 0 bridgehead atoms. The predicted molar refractivity (Wildman–Crippen MR) is 119 cm³/mol. The number of aromatic nitrogens is 4. The number of amides is 1. The van der Waals surface area contributed by atoms with Crippen LogP contribution < -0.4 is 16.6 Å². The van der Waals surface area contributed by atoms with Gasteiger partial charge in [-0.2, -0.15) is 13.2 Å². The first-order chi connectivity index (χ1) is 16.1. The first kappa shape index (κ1) is 23.2. The Morgan fingerprint density at radius 3 is 2.53 bits per heavy atom. The minimum absolute atomic E-state index is 0.0455. The van der Waals surface area contributed by atoms with Gasteiger partial charge >= 0.3 is 11.9 Å². The molecular formula is C22H15ClF3N5O3. The lowest BCUT2D eigenvalue weighted by Crippen LogP contribution is -2.42. The van der Waals surface area contributed by atoms with Gasteiger partial charge in [0.05, 0.1) is 28.3 Å². The summed E-state index contributed by atoms with van der Waals surface area (Å²) in [6.45, 7) is -0.708. The number of benzene rings is 1. The molecule has 34 heavy (non-hydrogen) atoms. The minimum atomic E-state index is -4.63. The van der Waals surface area contributed by atoms with Crippen molar-refractivity contribution in [2.45, 2.75) is 19.3 Å². The van der Waals surface area contributed by atoms with E-state index in [0.717, 1.165) is 21.3 Å². The number of hydrogen-bond acceptors (Lipinski definition) is 5. The van der Waals surface area contributed by atoms with Crippen LogP contribution >= 0.6 is 11.6 Å². The topological polar surface area (TPSA) is 98.9 Å². The van der Waals surface area contributed by atoms with Gasteiger partial charge in [-0.1, -0.05) is 17.7 Å². The van der Waals surface area contributed by atoms with E-state index in [2.05, 4.69) is 15.3 Å². The third-order valence-corrected chi connectivity index (χ3v) is 5.25. The molecule has 1 N–H and O–H groups in total. The molecule has 0 aliphatic heterocycles. The number of alkyl halides is 3. The van der Waals surface area contributed by atoms with Gasteiger partial charge in [-0.3, -0.25) is 23.7 Å². The first-order valence-corrected chi connectivity index (χ1v) is 10.2. The molecule has 1 aromatic carbocycles. The van der Waals surface area contributed by atoms with Crippen molar-refractivity contribution in [1.82, 2.24) is 19.1 Å². The van der Waals surface area contributed by atoms with Crippen molar-refractivity contribution in [2.24, 2.45) is 0 Å². The Kier molecular flexibility index (Phi) is 6.20. The normalized spacial score (nSPS) is 11.5. The molecule has 3 aromatic heterocycles. The second kappa shape index (κ2) is 9.10. The van der Waals surface area contributed by atoms with E-state index in [1.165, 1.54) is 30.7 Å². The van der Waals surface area contributed by atoms with Crippen LogP contribution in [-0.2, 0) is 24.1 Å². The first-order valence-electron chi connectivity index (χ1n) is 9.79. The summed E-state index contributed by atoms with van der Waals surface area (Å²) < 4.78 is 41.0. The number of carbonyl (C=O) groups excluding carboxylic acids is 1. The molecule has 8 nitrogen and oxygen atoms in total. The monoisotopic (exact) mass is 489 g/mol. The molecule has 0 unspecified atom stereocenters. The molecule has 3 heterocycles. The molecule has 0 radical (unpaired) electrons. The molecule has 0 fully saturated rings. The molecule has 1 amide bonds. The van der Waals surface area contributed by atoms with Crippen LogP contribution in [0.4, 0.5) is 18.9 Å². The molecule has 4 rings (SSSR count). The van der Waals surface area contributed by atoms with E-state index < -0.39 is 35.4 Å². The third-order valence-electron chi connectivity index (χ3n) is 4.92. The van der Waals surface area contributed by atoms with Gasteiger partial charge in [0.1, 0.15) is 6.54 Å². The van der Waals surface area contributed by atoms with E-state index >= 15 is 0 Å². The number of nitrogens with zero attached hydrogens (tertiary/aromatic N) is 4. The zero-order chi connectivity index (χ0) is 24.5. The van der Waals surface area contributed by atoms with E-state index in [1.54, 1.807) is 12.1 Å². The van der Waals surface area contributed by atoms with Crippen LogP contribution in [0, 0.1) is 0 Å². The summed E-state index contributed by atoms with van der Waals surface area (Å²) in [7, 11) is 0. The van der Waals surface area contributed by atoms with E-state index in [9.17, 15) is 27.6 Å². The second-order valence-corrected chi connectivity index (χ2v) is 7.64. The lowest BCUT2D eigenvalue weighted by Gasteiger charge is -2.15. The number of halogens is 4. The van der Waals surface area contributed by atoms with Crippen LogP contribution in [0.2, 0.25) is 5.02 Å². The summed E-state index contributed by atoms with van der Waals surface area (Å²) in [6.07, 6.45) is -0.239. The highest BCUT2D eigenvalue weighted by atomic mass is 35.5. The molecule has 12 heteroatoms. The standard InChI is InChI=1S/C22H15ClF3N5O3/c23-15-6-5-14(22(24,25)26)9-16(15)29-18(32)12-30-17-4-2-8-28-19(17)20(33)31(21(30)34)11-13-3-1-7-27-10-13/h1-10H,11-12H2,(H,29,32). The van der Waals surface area contributed by atoms with Gasteiger partial charge in [-0.25, -0.2) is 9.78 Å². The van der Waals surface area contributed by atoms with Crippen LogP contribution in [-0.4, -0.2) is 25.0 Å². The molecule has 4 aromatic rings. The number of hydrogen-bond donors (Lipinski definition) is 1. The summed E-state index contributed by atoms with van der Waals surface area (Å²) in [6, 6.07) is 8.76. The van der Waals surface area contributed by atoms with E-state index in [4.69, 9.17) is 11.6 Å². The fraction of sp³-hybridized carbons (Fsp3) is 0.136. The highest BCUT2D eigenvalue weighted by molar-refractivity contribution is 6.33. The Labute approximate surface area is 194 Å². The Bertz CT molecular complexity index is 1500. The van der Waals surface area contributed by atoms with Gasteiger partial charge in [0, 0.05) is 18.6 Å². The maximum Gasteiger partial charge on any atom is 0.416 e. The number of anilines is 1. The fourth-order valence-electron chi connectivity index (χ4n) is 3.34. The maximum absolute atomic E-state index is 13.2. The second-order valence-electron chi connectivity index (χ2n) is 7.23. The van der Waals surface area contributed by atoms with Crippen LogP contribution in [0.15, 0.2) is 70.6 Å². The van der Waals surface area contributed by atoms with Gasteiger partial charge in [0.25, 0.3) is 5.56 Å². The Hall–Kier alpha value is -3.99. The Balaban J connectivity index is 1.73. The van der Waals surface area contributed by atoms with Gasteiger partial charge in [0.15, 0.2) is 5.52 Å². The Morgan fingerprint density at radius 1 is 1.06 bits per heavy atom. The average molecular weight is 490 g/mol. The quantitative estimate of drug-likeness (QED) is 0.464. The van der Waals surface area contributed by atoms with Gasteiger partial charge in [-0.15, -0.1) is 0 Å². The molecule has 0 saturated heterocycles. The number of nitrogens with one attached hydrogen (secondary N) is 1. The fourth-order valence-corrected chi connectivity index (χ4v) is 3.50. The molecule has 174 valence electrons. The molecular weight excluding hydrogens is 475 g/mol. The smallest absolute Gasteiger partial charge is 0.323 e. The van der Waals surface area contributed by atoms with E-state index in [1.807, 2.05) is 0 Å². The molecule has 0 atom stereocenters. The lowest BCUT2D eigenvalue weighted by molar-refractivity contribution is -0.137. The molecule has 0 spiro atoms. The van der Waals surface area contributed by atoms with Gasteiger partial charge in [0.2, 0.25) is 5.91 Å². The zero-order valence-corrected chi connectivity index (χ0v) is 18.0. The van der Waals surface area contributed by atoms with Crippen molar-refractivity contribution in [3.63, 3.8) is 0 Å². The van der Waals surface area contributed by atoms with Crippen LogP contribution in [0.3, 0.4) is 0 Å². The largest absolute Gasteiger partial charge is 0.416 e. The summed E-state index contributed by atoms with van der Waals surface area (Å²) in [5, 5.41) is 2.19. The maximum atomic E-state index is 13.2. The summed E-state index contributed by atoms with van der Waals surface area (Å²) >= 11 is 5.94. The summed E-state index contributed by atoms with van der Waals surface area (Å²) in [5.74, 6) is -0.819. The number of rotatable bonds is 5. The number of fused-ring (bicyclic) bond motifs is 1. The van der Waals surface area contributed by atoms with Crippen molar-refractivity contribution in [3.05, 3.63) is 98.0 Å². The minimum Gasteiger partial charge on any atom is -0.323 e. The SMILES string of the molecule is O=C(Cn1c(=O)n(Cc2cccnc2)c(=O)c2ncccc21)Nc1cc(C(F)(F)F)ccc1Cl. The van der Waals surface area contributed by atoms with Crippen molar-refractivity contribution in [1.29, 1.82) is 0 Å². The summed E-state index contributed by atoms with van der Waals surface area (Å²) in [4.78, 5) is 46.8. The van der Waals surface area contributed by atoms with Crippen molar-refractivity contribution < 1.29 is 18.0 Å². The highest BCUT2D eigenvalue weighted by Gasteiger charge is 2.31. The third kappa shape index (κ3) is 4.69. The lowest BCUT2D eigenvalue weighted by atomic mass is 10.2. The van der Waals surface area contributed by atoms with E-state index in [-0.39, 0.29) is 28.3 Å². The molecule has 0 saturated carbocycles. The van der Waals surface area contributed by atoms with Gasteiger partial charge < -0.3 is 5.32 Å². The van der Waals surface area contributed by atoms with Crippen LogP contribution in [0.5, 0.6) is 0 Å². The zero-order valence-electron chi connectivity index (χ0n) is 17.2. The van der Waals surface area contributed by atoms with Crippen LogP contribution in [0.1, 0.15) is 11.1 Å². The molecule has 0 aliphatic rings. The Morgan fingerprint density at radius 2 is 1.82 bits per heavy atom. The number of carbonyl (C=O) groups is 1. The average Bonchev–Trinajstić information content (AvgIpc) is 2.81. The van der Waals surface area contributed by atoms with Crippen molar-refractivity contribution >= 4 is 34.2 Å². The summed E-state index contributed by atoms with van der Waals surface area (Å²) in [5.41, 5.74) is -2.07. The van der Waals surface area contributed by atoms with Crippen molar-refractivity contribution in [3.8, 4) is 0 Å². The predicted octanol–water partition coefficient (Wildman–Crippen LogP) is 3.31. The van der Waals surface area contributed by atoms with Gasteiger partial charge in [-0.05, 0) is 42.0 Å². The number of pyridine rings is 2.